The number of hydrogen-bond acceptors (Lipinski definition) is 0. The maximum atomic E-state index is 2.41. The second kappa shape index (κ2) is 3.29. The van der Waals surface area contributed by atoms with Crippen LogP contribution in [0.3, 0.4) is 0 Å². The highest BCUT2D eigenvalue weighted by Crippen LogP contribution is 2.30. The van der Waals surface area contributed by atoms with Gasteiger partial charge in [-0.05, 0) is 0 Å². The first kappa shape index (κ1) is 9.06. The van der Waals surface area contributed by atoms with Gasteiger partial charge in [-0.2, -0.15) is 0 Å². The third kappa shape index (κ3) is 4.56. The van der Waals surface area contributed by atoms with Crippen LogP contribution in [0, 0.1) is 0 Å². The number of hydrogen-bond donors (Lipinski definition) is 0. The van der Waals surface area contributed by atoms with Gasteiger partial charge in [0.1, 0.15) is 7.28 Å². The Morgan fingerprint density at radius 2 is 1.78 bits per heavy atom. The molecule has 0 N–H and O–H groups in total. The van der Waals surface area contributed by atoms with Crippen molar-refractivity contribution in [3.8, 4) is 0 Å². The van der Waals surface area contributed by atoms with Crippen LogP contribution in [0.5, 0.6) is 0 Å². The van der Waals surface area contributed by atoms with Gasteiger partial charge in [-0.15, -0.1) is 0 Å². The summed E-state index contributed by atoms with van der Waals surface area (Å²) in [6, 6.07) is 0. The van der Waals surface area contributed by atoms with Crippen molar-refractivity contribution in [1.29, 1.82) is 0 Å². The van der Waals surface area contributed by atoms with Gasteiger partial charge in [0, 0.05) is 0 Å². The average Bonchev–Trinajstić information content (AvgIpc) is 1.63. The maximum absolute atomic E-state index is 2.41. The lowest BCUT2D eigenvalue weighted by atomic mass is 9.47. The van der Waals surface area contributed by atoms with Crippen LogP contribution in [0.2, 0.25) is 11.1 Å². The lowest BCUT2D eigenvalue weighted by molar-refractivity contribution is 0.634. The van der Waals surface area contributed by atoms with Crippen LogP contribution in [0.25, 0.3) is 0 Å². The van der Waals surface area contributed by atoms with Crippen LogP contribution in [-0.4, -0.2) is 7.28 Å². The predicted molar refractivity (Wildman–Crippen MR) is 45.2 cm³/mol. The quantitative estimate of drug-likeness (QED) is 0.508. The minimum Gasteiger partial charge on any atom is -0.0738 e. The fourth-order valence-corrected chi connectivity index (χ4v) is 1.02. The molecule has 0 amide bonds. The third-order valence-electron chi connectivity index (χ3n) is 1.70. The molecule has 0 aliphatic rings. The Labute approximate surface area is 60.3 Å². The summed E-state index contributed by atoms with van der Waals surface area (Å²) < 4.78 is 0. The molecule has 0 heterocycles. The molecule has 9 heavy (non-hydrogen) atoms. The smallest absolute Gasteiger partial charge is 0.0738 e. The van der Waals surface area contributed by atoms with Gasteiger partial charge in [0.2, 0.25) is 0 Å². The summed E-state index contributed by atoms with van der Waals surface area (Å²) in [5, 5.41) is 0.439. The van der Waals surface area contributed by atoms with E-state index in [1.165, 1.54) is 6.42 Å². The Hall–Kier alpha value is 0.0649. The largest absolute Gasteiger partial charge is 0.120 e. The number of rotatable bonds is 3. The van der Waals surface area contributed by atoms with Gasteiger partial charge in [0.05, 0.1) is 0 Å². The van der Waals surface area contributed by atoms with Gasteiger partial charge in [-0.25, -0.2) is 0 Å². The summed E-state index contributed by atoms with van der Waals surface area (Å²) in [6.07, 6.45) is 1.24. The molecule has 0 saturated heterocycles. The van der Waals surface area contributed by atoms with Crippen molar-refractivity contribution in [1.82, 2.24) is 0 Å². The fourth-order valence-electron chi connectivity index (χ4n) is 1.02. The first-order valence-electron chi connectivity index (χ1n) is 3.84. The van der Waals surface area contributed by atoms with E-state index >= 15 is 0 Å². The van der Waals surface area contributed by atoms with Crippen molar-refractivity contribution in [2.75, 3.05) is 0 Å². The lowest BCUT2D eigenvalue weighted by Gasteiger charge is -2.23. The highest BCUT2D eigenvalue weighted by Gasteiger charge is 2.17. The zero-order valence-corrected chi connectivity index (χ0v) is 7.36. The zero-order valence-electron chi connectivity index (χ0n) is 7.36. The standard InChI is InChI=1S/C8H18B/c1-6-8(4,5)9-7(2)3/h7H,6H2,1-5H3. The Kier molecular flexibility index (Phi) is 3.31. The highest BCUT2D eigenvalue weighted by atomic mass is 14.1. The second-order valence-electron chi connectivity index (χ2n) is 3.75. The van der Waals surface area contributed by atoms with Crippen LogP contribution < -0.4 is 0 Å². The summed E-state index contributed by atoms with van der Waals surface area (Å²) in [7, 11) is 2.41. The van der Waals surface area contributed by atoms with Crippen molar-refractivity contribution in [2.24, 2.45) is 0 Å². The summed E-state index contributed by atoms with van der Waals surface area (Å²) in [5.41, 5.74) is 0. The van der Waals surface area contributed by atoms with Gasteiger partial charge in [-0.3, -0.25) is 0 Å². The molecule has 0 spiro atoms. The molecule has 0 aromatic rings. The highest BCUT2D eigenvalue weighted by molar-refractivity contribution is 6.41. The molecule has 0 bridgehead atoms. The Morgan fingerprint density at radius 1 is 1.33 bits per heavy atom. The molecule has 1 radical (unpaired) electrons. The van der Waals surface area contributed by atoms with Crippen LogP contribution >= 0.6 is 0 Å². The fraction of sp³-hybridized carbons (Fsp3) is 1.00. The molecule has 0 aliphatic heterocycles. The molecule has 0 saturated carbocycles. The van der Waals surface area contributed by atoms with Gasteiger partial charge in [-0.1, -0.05) is 52.2 Å². The van der Waals surface area contributed by atoms with Gasteiger partial charge < -0.3 is 0 Å². The van der Waals surface area contributed by atoms with E-state index in [1.807, 2.05) is 0 Å². The monoisotopic (exact) mass is 125 g/mol. The van der Waals surface area contributed by atoms with E-state index < -0.39 is 0 Å². The Balaban J connectivity index is 3.58. The van der Waals surface area contributed by atoms with E-state index in [2.05, 4.69) is 41.9 Å². The third-order valence-corrected chi connectivity index (χ3v) is 1.70. The average molecular weight is 125 g/mol. The molecule has 0 atom stereocenters. The van der Waals surface area contributed by atoms with Crippen LogP contribution in [0.1, 0.15) is 41.0 Å². The first-order valence-corrected chi connectivity index (χ1v) is 3.84. The van der Waals surface area contributed by atoms with Gasteiger partial charge in [0.15, 0.2) is 0 Å². The summed E-state index contributed by atoms with van der Waals surface area (Å²) in [4.78, 5) is 0. The van der Waals surface area contributed by atoms with Crippen molar-refractivity contribution >= 4 is 7.28 Å². The minimum atomic E-state index is 0.439. The first-order chi connectivity index (χ1) is 3.98. The lowest BCUT2D eigenvalue weighted by Crippen LogP contribution is -2.13. The van der Waals surface area contributed by atoms with Crippen LogP contribution in [0.15, 0.2) is 0 Å². The van der Waals surface area contributed by atoms with Crippen molar-refractivity contribution in [3.63, 3.8) is 0 Å². The Bertz CT molecular complexity index is 74.6. The zero-order chi connectivity index (χ0) is 7.49. The van der Waals surface area contributed by atoms with Crippen LogP contribution in [0.4, 0.5) is 0 Å². The second-order valence-corrected chi connectivity index (χ2v) is 3.75. The predicted octanol–water partition coefficient (Wildman–Crippen LogP) is 3.13. The molecule has 53 valence electrons. The molecular formula is C8H18B. The molecule has 1 heteroatoms. The van der Waals surface area contributed by atoms with E-state index in [0.717, 1.165) is 5.82 Å². The van der Waals surface area contributed by atoms with E-state index in [4.69, 9.17) is 0 Å². The molecule has 0 aliphatic carbocycles. The van der Waals surface area contributed by atoms with E-state index in [-0.39, 0.29) is 0 Å². The summed E-state index contributed by atoms with van der Waals surface area (Å²) in [5.74, 6) is 0.722. The molecule has 0 rings (SSSR count). The van der Waals surface area contributed by atoms with E-state index in [9.17, 15) is 0 Å². The molecule has 0 fully saturated rings. The topological polar surface area (TPSA) is 0 Å². The van der Waals surface area contributed by atoms with E-state index in [0.29, 0.717) is 5.31 Å². The molecule has 0 nitrogen and oxygen atoms in total. The van der Waals surface area contributed by atoms with Crippen molar-refractivity contribution in [2.45, 2.75) is 52.2 Å². The summed E-state index contributed by atoms with van der Waals surface area (Å²) >= 11 is 0. The van der Waals surface area contributed by atoms with Crippen molar-refractivity contribution < 1.29 is 0 Å². The molecule has 0 aromatic carbocycles. The van der Waals surface area contributed by atoms with E-state index in [1.54, 1.807) is 0 Å². The Morgan fingerprint density at radius 3 is 1.89 bits per heavy atom. The molecule has 0 unspecified atom stereocenters. The normalized spacial score (nSPS) is 12.2. The minimum absolute atomic E-state index is 0.439. The SMILES string of the molecule is CCC(C)(C)[B]C(C)C. The molecular weight excluding hydrogens is 107 g/mol. The summed E-state index contributed by atoms with van der Waals surface area (Å²) in [6.45, 7) is 11.3. The van der Waals surface area contributed by atoms with Crippen molar-refractivity contribution in [3.05, 3.63) is 0 Å². The van der Waals surface area contributed by atoms with Crippen LogP contribution in [-0.2, 0) is 0 Å². The van der Waals surface area contributed by atoms with Gasteiger partial charge >= 0.3 is 0 Å². The van der Waals surface area contributed by atoms with Gasteiger partial charge in [0.25, 0.3) is 0 Å². The molecule has 0 aromatic heterocycles. The maximum Gasteiger partial charge on any atom is 0.120 e.